The van der Waals surface area contributed by atoms with Crippen molar-refractivity contribution in [2.45, 2.75) is 0 Å². The van der Waals surface area contributed by atoms with Gasteiger partial charge in [0.15, 0.2) is 5.84 Å². The SMILES string of the molecule is COc1ccc(N2CN(c3ccccc3)C(N)=C3C=NN=C32)cc1. The third kappa shape index (κ3) is 2.28. The average molecular weight is 319 g/mol. The predicted octanol–water partition coefficient (Wildman–Crippen LogP) is 2.55. The molecule has 0 aromatic heterocycles. The number of nitrogens with zero attached hydrogens (tertiary/aromatic N) is 4. The molecular formula is C18H17N5O. The fourth-order valence-corrected chi connectivity index (χ4v) is 2.86. The van der Waals surface area contributed by atoms with Gasteiger partial charge in [0.2, 0.25) is 0 Å². The van der Waals surface area contributed by atoms with Crippen LogP contribution in [0.3, 0.4) is 0 Å². The zero-order chi connectivity index (χ0) is 16.5. The number of hydrogen-bond donors (Lipinski definition) is 1. The van der Waals surface area contributed by atoms with Crippen LogP contribution in [0.1, 0.15) is 0 Å². The molecule has 4 rings (SSSR count). The molecule has 6 heteroatoms. The maximum Gasteiger partial charge on any atom is 0.169 e. The number of rotatable bonds is 3. The van der Waals surface area contributed by atoms with Gasteiger partial charge in [-0.05, 0) is 36.4 Å². The molecule has 0 saturated heterocycles. The lowest BCUT2D eigenvalue weighted by atomic mass is 10.1. The molecule has 2 aliphatic heterocycles. The molecule has 0 fully saturated rings. The van der Waals surface area contributed by atoms with Crippen LogP contribution < -0.4 is 20.3 Å². The summed E-state index contributed by atoms with van der Waals surface area (Å²) < 4.78 is 5.24. The average Bonchev–Trinajstić information content (AvgIpc) is 3.13. The second-order valence-corrected chi connectivity index (χ2v) is 5.50. The molecule has 0 aliphatic carbocycles. The van der Waals surface area contributed by atoms with Gasteiger partial charge in [-0.3, -0.25) is 0 Å². The molecule has 0 radical (unpaired) electrons. The summed E-state index contributed by atoms with van der Waals surface area (Å²) in [4.78, 5) is 4.14. The molecule has 0 saturated carbocycles. The van der Waals surface area contributed by atoms with E-state index in [4.69, 9.17) is 10.5 Å². The molecular weight excluding hydrogens is 302 g/mol. The summed E-state index contributed by atoms with van der Waals surface area (Å²) in [7, 11) is 1.66. The van der Waals surface area contributed by atoms with E-state index in [0.29, 0.717) is 12.5 Å². The minimum Gasteiger partial charge on any atom is -0.497 e. The first-order valence-corrected chi connectivity index (χ1v) is 7.63. The number of hydrogen-bond acceptors (Lipinski definition) is 6. The van der Waals surface area contributed by atoms with Crippen molar-refractivity contribution in [1.82, 2.24) is 0 Å². The van der Waals surface area contributed by atoms with Crippen LogP contribution in [0, 0.1) is 0 Å². The second-order valence-electron chi connectivity index (χ2n) is 5.50. The predicted molar refractivity (Wildman–Crippen MR) is 96.4 cm³/mol. The highest BCUT2D eigenvalue weighted by Gasteiger charge is 2.32. The monoisotopic (exact) mass is 319 g/mol. The van der Waals surface area contributed by atoms with E-state index in [1.807, 2.05) is 54.6 Å². The van der Waals surface area contributed by atoms with Gasteiger partial charge in [-0.2, -0.15) is 5.10 Å². The van der Waals surface area contributed by atoms with E-state index >= 15 is 0 Å². The Morgan fingerprint density at radius 3 is 2.38 bits per heavy atom. The molecule has 2 N–H and O–H groups in total. The van der Waals surface area contributed by atoms with Crippen LogP contribution in [-0.4, -0.2) is 25.8 Å². The Bertz CT molecular complexity index is 839. The summed E-state index contributed by atoms with van der Waals surface area (Å²) >= 11 is 0. The van der Waals surface area contributed by atoms with E-state index in [-0.39, 0.29) is 0 Å². The standard InChI is InChI=1S/C18H17N5O/c1-24-15-9-7-14(8-10-15)23-12-22(13-5-3-2-4-6-13)17(19)16-11-20-21-18(16)23/h2-11H,12,19H2,1H3. The Balaban J connectivity index is 1.76. The van der Waals surface area contributed by atoms with E-state index in [1.54, 1.807) is 13.3 Å². The zero-order valence-corrected chi connectivity index (χ0v) is 13.3. The third-order valence-corrected chi connectivity index (χ3v) is 4.14. The van der Waals surface area contributed by atoms with Crippen LogP contribution >= 0.6 is 0 Å². The Morgan fingerprint density at radius 2 is 1.67 bits per heavy atom. The Hall–Kier alpha value is -3.28. The van der Waals surface area contributed by atoms with Crippen LogP contribution in [0.2, 0.25) is 0 Å². The molecule has 6 nitrogen and oxygen atoms in total. The van der Waals surface area contributed by atoms with Crippen molar-refractivity contribution in [3.8, 4) is 5.75 Å². The normalized spacial score (nSPS) is 16.3. The number of fused-ring (bicyclic) bond motifs is 1. The van der Waals surface area contributed by atoms with E-state index < -0.39 is 0 Å². The molecule has 0 unspecified atom stereocenters. The second kappa shape index (κ2) is 5.73. The van der Waals surface area contributed by atoms with Gasteiger partial charge in [0, 0.05) is 11.4 Å². The van der Waals surface area contributed by atoms with Gasteiger partial charge in [-0.1, -0.05) is 18.2 Å². The van der Waals surface area contributed by atoms with Crippen molar-refractivity contribution >= 4 is 23.4 Å². The molecule has 2 aromatic rings. The number of nitrogens with two attached hydrogens (primary N) is 1. The maximum atomic E-state index is 6.37. The molecule has 2 aliphatic rings. The summed E-state index contributed by atoms with van der Waals surface area (Å²) in [5, 5.41) is 8.30. The summed E-state index contributed by atoms with van der Waals surface area (Å²) in [5.41, 5.74) is 9.24. The van der Waals surface area contributed by atoms with Gasteiger partial charge in [-0.25, -0.2) is 0 Å². The van der Waals surface area contributed by atoms with Gasteiger partial charge in [0.1, 0.15) is 18.2 Å². The van der Waals surface area contributed by atoms with E-state index in [1.165, 1.54) is 0 Å². The quantitative estimate of drug-likeness (QED) is 0.944. The molecule has 0 amide bonds. The Labute approximate surface area is 140 Å². The summed E-state index contributed by atoms with van der Waals surface area (Å²) in [6.45, 7) is 0.563. The van der Waals surface area contributed by atoms with Crippen molar-refractivity contribution in [2.75, 3.05) is 23.6 Å². The smallest absolute Gasteiger partial charge is 0.169 e. The van der Waals surface area contributed by atoms with Crippen molar-refractivity contribution in [3.63, 3.8) is 0 Å². The van der Waals surface area contributed by atoms with Gasteiger partial charge in [0.05, 0.1) is 18.9 Å². The molecule has 24 heavy (non-hydrogen) atoms. The highest BCUT2D eigenvalue weighted by atomic mass is 16.5. The number of amidine groups is 1. The largest absolute Gasteiger partial charge is 0.497 e. The van der Waals surface area contributed by atoms with Crippen LogP contribution in [0.4, 0.5) is 11.4 Å². The van der Waals surface area contributed by atoms with Crippen molar-refractivity contribution in [1.29, 1.82) is 0 Å². The fraction of sp³-hybridized carbons (Fsp3) is 0.111. The number of ether oxygens (including phenoxy) is 1. The summed E-state index contributed by atoms with van der Waals surface area (Å²) in [5.74, 6) is 2.24. The highest BCUT2D eigenvalue weighted by Crippen LogP contribution is 2.30. The van der Waals surface area contributed by atoms with E-state index in [9.17, 15) is 0 Å². The van der Waals surface area contributed by atoms with Crippen LogP contribution in [0.25, 0.3) is 0 Å². The number of benzene rings is 2. The number of anilines is 2. The summed E-state index contributed by atoms with van der Waals surface area (Å²) in [6.07, 6.45) is 1.70. The summed E-state index contributed by atoms with van der Waals surface area (Å²) in [6, 6.07) is 17.9. The lowest BCUT2D eigenvalue weighted by Gasteiger charge is -2.38. The molecule has 120 valence electrons. The molecule has 0 bridgehead atoms. The zero-order valence-electron chi connectivity index (χ0n) is 13.3. The Kier molecular flexibility index (Phi) is 3.42. The lowest BCUT2D eigenvalue weighted by molar-refractivity contribution is 0.415. The van der Waals surface area contributed by atoms with Crippen LogP contribution in [0.15, 0.2) is 76.2 Å². The third-order valence-electron chi connectivity index (χ3n) is 4.14. The minimum atomic E-state index is 0.563. The first-order valence-electron chi connectivity index (χ1n) is 7.63. The van der Waals surface area contributed by atoms with Gasteiger partial charge >= 0.3 is 0 Å². The van der Waals surface area contributed by atoms with Crippen LogP contribution in [0.5, 0.6) is 5.75 Å². The van der Waals surface area contributed by atoms with E-state index in [0.717, 1.165) is 28.5 Å². The highest BCUT2D eigenvalue weighted by molar-refractivity contribution is 6.25. The lowest BCUT2D eigenvalue weighted by Crippen LogP contribution is -2.49. The fourth-order valence-electron chi connectivity index (χ4n) is 2.86. The molecule has 2 aromatic carbocycles. The molecule has 2 heterocycles. The molecule has 0 atom stereocenters. The number of methoxy groups -OCH3 is 1. The van der Waals surface area contributed by atoms with Crippen molar-refractivity contribution < 1.29 is 4.74 Å². The molecule has 0 spiro atoms. The van der Waals surface area contributed by atoms with E-state index in [2.05, 4.69) is 20.0 Å². The number of para-hydroxylation sites is 1. The Morgan fingerprint density at radius 1 is 0.958 bits per heavy atom. The van der Waals surface area contributed by atoms with Crippen molar-refractivity contribution in [3.05, 3.63) is 66.0 Å². The first-order chi connectivity index (χ1) is 11.8. The van der Waals surface area contributed by atoms with Crippen LogP contribution in [-0.2, 0) is 0 Å². The first kappa shape index (κ1) is 14.3. The minimum absolute atomic E-state index is 0.563. The van der Waals surface area contributed by atoms with Gasteiger partial charge in [-0.15, -0.1) is 5.10 Å². The van der Waals surface area contributed by atoms with Gasteiger partial charge < -0.3 is 20.3 Å². The maximum absolute atomic E-state index is 6.37. The van der Waals surface area contributed by atoms with Crippen molar-refractivity contribution in [2.24, 2.45) is 15.9 Å². The topological polar surface area (TPSA) is 66.5 Å². The van der Waals surface area contributed by atoms with Gasteiger partial charge in [0.25, 0.3) is 0 Å².